The van der Waals surface area contributed by atoms with Crippen LogP contribution in [0.5, 0.6) is 0 Å². The zero-order valence-electron chi connectivity index (χ0n) is 10.7. The number of aryl methyl sites for hydroxylation is 1. The molecule has 19 heavy (non-hydrogen) atoms. The van der Waals surface area contributed by atoms with Gasteiger partial charge in [-0.05, 0) is 31.0 Å². The molecule has 0 atom stereocenters. The van der Waals surface area contributed by atoms with E-state index in [1.165, 1.54) is 12.1 Å². The Kier molecular flexibility index (Phi) is 3.85. The van der Waals surface area contributed by atoms with Gasteiger partial charge in [0.2, 0.25) is 0 Å². The van der Waals surface area contributed by atoms with E-state index in [0.717, 1.165) is 12.0 Å². The first kappa shape index (κ1) is 13.1. The Morgan fingerprint density at radius 2 is 2.11 bits per heavy atom. The highest BCUT2D eigenvalue weighted by Crippen LogP contribution is 2.18. The van der Waals surface area contributed by atoms with Crippen molar-refractivity contribution in [3.63, 3.8) is 0 Å². The van der Waals surface area contributed by atoms with Crippen molar-refractivity contribution in [1.29, 1.82) is 0 Å². The highest BCUT2D eigenvalue weighted by atomic mass is 16.4. The summed E-state index contributed by atoms with van der Waals surface area (Å²) in [7, 11) is 0. The minimum Gasteiger partial charge on any atom is -0.478 e. The lowest BCUT2D eigenvalue weighted by Gasteiger charge is -2.24. The zero-order valence-corrected chi connectivity index (χ0v) is 10.7. The van der Waals surface area contributed by atoms with E-state index in [9.17, 15) is 9.59 Å². The van der Waals surface area contributed by atoms with Crippen molar-refractivity contribution in [2.75, 3.05) is 18.4 Å². The lowest BCUT2D eigenvalue weighted by molar-refractivity contribution is 0.0697. The minimum atomic E-state index is -1.00. The molecule has 5 heteroatoms. The molecule has 1 aromatic rings. The summed E-state index contributed by atoms with van der Waals surface area (Å²) in [5, 5.41) is 11.7. The molecule has 100 valence electrons. The van der Waals surface area contributed by atoms with Crippen LogP contribution < -0.4 is 5.32 Å². The van der Waals surface area contributed by atoms with E-state index in [-0.39, 0.29) is 11.6 Å². The first-order chi connectivity index (χ1) is 9.08. The molecule has 0 spiro atoms. The van der Waals surface area contributed by atoms with Gasteiger partial charge in [-0.1, -0.05) is 18.2 Å². The van der Waals surface area contributed by atoms with Crippen LogP contribution >= 0.6 is 0 Å². The van der Waals surface area contributed by atoms with Crippen LogP contribution in [0, 0.1) is 6.92 Å². The number of nitrogens with one attached hydrogen (secondary N) is 1. The van der Waals surface area contributed by atoms with E-state index in [0.29, 0.717) is 18.8 Å². The zero-order chi connectivity index (χ0) is 13.8. The maximum atomic E-state index is 12.0. The van der Waals surface area contributed by atoms with Crippen LogP contribution in [-0.4, -0.2) is 35.1 Å². The normalized spacial score (nSPS) is 14.3. The molecule has 1 aliphatic rings. The molecular formula is C14H16N2O3. The molecular weight excluding hydrogens is 244 g/mol. The summed E-state index contributed by atoms with van der Waals surface area (Å²) in [6.45, 7) is 3.10. The largest absolute Gasteiger partial charge is 0.478 e. The molecule has 1 aliphatic heterocycles. The van der Waals surface area contributed by atoms with Crippen LogP contribution in [0.15, 0.2) is 30.4 Å². The number of hydrogen-bond donors (Lipinski definition) is 2. The van der Waals surface area contributed by atoms with Gasteiger partial charge in [0.05, 0.1) is 5.56 Å². The maximum absolute atomic E-state index is 12.0. The van der Waals surface area contributed by atoms with Crippen LogP contribution in [0.4, 0.5) is 10.5 Å². The van der Waals surface area contributed by atoms with Crippen LogP contribution in [0.1, 0.15) is 22.3 Å². The van der Waals surface area contributed by atoms with Gasteiger partial charge in [0.25, 0.3) is 0 Å². The molecule has 0 aliphatic carbocycles. The number of carboxylic acid groups (broad SMARTS) is 1. The summed E-state index contributed by atoms with van der Waals surface area (Å²) >= 11 is 0. The van der Waals surface area contributed by atoms with Gasteiger partial charge in [0, 0.05) is 18.8 Å². The van der Waals surface area contributed by atoms with Crippen LogP contribution in [0.25, 0.3) is 0 Å². The van der Waals surface area contributed by atoms with Crippen molar-refractivity contribution < 1.29 is 14.7 Å². The average Bonchev–Trinajstić information content (AvgIpc) is 2.42. The molecule has 2 N–H and O–H groups in total. The third kappa shape index (κ3) is 3.13. The lowest BCUT2D eigenvalue weighted by atomic mass is 10.1. The van der Waals surface area contributed by atoms with Gasteiger partial charge in [-0.2, -0.15) is 0 Å². The Hall–Kier alpha value is -2.30. The SMILES string of the molecule is Cc1ccc(C(=O)O)cc1NC(=O)N1CC=CCC1. The third-order valence-corrected chi connectivity index (χ3v) is 3.07. The molecule has 1 heterocycles. The van der Waals surface area contributed by atoms with Gasteiger partial charge in [-0.25, -0.2) is 9.59 Å². The summed E-state index contributed by atoms with van der Waals surface area (Å²) in [6.07, 6.45) is 4.84. The fourth-order valence-electron chi connectivity index (χ4n) is 1.91. The van der Waals surface area contributed by atoms with E-state index < -0.39 is 5.97 Å². The number of anilines is 1. The highest BCUT2D eigenvalue weighted by molar-refractivity contribution is 5.94. The molecule has 0 saturated heterocycles. The summed E-state index contributed by atoms with van der Waals surface area (Å²) < 4.78 is 0. The number of nitrogens with zero attached hydrogens (tertiary/aromatic N) is 1. The Balaban J connectivity index is 2.13. The van der Waals surface area contributed by atoms with E-state index in [2.05, 4.69) is 5.32 Å². The smallest absolute Gasteiger partial charge is 0.335 e. The van der Waals surface area contributed by atoms with Crippen molar-refractivity contribution in [3.8, 4) is 0 Å². The minimum absolute atomic E-state index is 0.166. The van der Waals surface area contributed by atoms with Gasteiger partial charge in [0.1, 0.15) is 0 Å². The molecule has 0 unspecified atom stereocenters. The second kappa shape index (κ2) is 5.56. The lowest BCUT2D eigenvalue weighted by Crippen LogP contribution is -2.37. The van der Waals surface area contributed by atoms with E-state index in [4.69, 9.17) is 5.11 Å². The first-order valence-electron chi connectivity index (χ1n) is 6.13. The Bertz CT molecular complexity index is 537. The summed E-state index contributed by atoms with van der Waals surface area (Å²) in [5.41, 5.74) is 1.55. The molecule has 2 rings (SSSR count). The molecule has 0 aromatic heterocycles. The van der Waals surface area contributed by atoms with Gasteiger partial charge in [0.15, 0.2) is 0 Å². The predicted octanol–water partition coefficient (Wildman–Crippen LogP) is 2.49. The second-order valence-corrected chi connectivity index (χ2v) is 4.47. The number of rotatable bonds is 2. The third-order valence-electron chi connectivity index (χ3n) is 3.07. The summed E-state index contributed by atoms with van der Waals surface area (Å²) in [6, 6.07) is 4.50. The number of aromatic carboxylic acids is 1. The van der Waals surface area contributed by atoms with Crippen molar-refractivity contribution in [2.24, 2.45) is 0 Å². The number of carboxylic acids is 1. The second-order valence-electron chi connectivity index (χ2n) is 4.47. The van der Waals surface area contributed by atoms with Gasteiger partial charge < -0.3 is 15.3 Å². The van der Waals surface area contributed by atoms with E-state index in [1.807, 2.05) is 19.1 Å². The van der Waals surface area contributed by atoms with Crippen molar-refractivity contribution >= 4 is 17.7 Å². The molecule has 0 radical (unpaired) electrons. The average molecular weight is 260 g/mol. The molecule has 5 nitrogen and oxygen atoms in total. The number of amides is 2. The summed E-state index contributed by atoms with van der Waals surface area (Å²) in [5.74, 6) is -1.00. The highest BCUT2D eigenvalue weighted by Gasteiger charge is 2.15. The fraction of sp³-hybridized carbons (Fsp3) is 0.286. The van der Waals surface area contributed by atoms with Crippen molar-refractivity contribution in [3.05, 3.63) is 41.5 Å². The molecule has 0 saturated carbocycles. The van der Waals surface area contributed by atoms with Crippen LogP contribution in [0.2, 0.25) is 0 Å². The van der Waals surface area contributed by atoms with Gasteiger partial charge in [-0.3, -0.25) is 0 Å². The molecule has 1 aromatic carbocycles. The Morgan fingerprint density at radius 1 is 1.32 bits per heavy atom. The first-order valence-corrected chi connectivity index (χ1v) is 6.13. The van der Waals surface area contributed by atoms with Gasteiger partial charge in [-0.15, -0.1) is 0 Å². The monoisotopic (exact) mass is 260 g/mol. The van der Waals surface area contributed by atoms with Crippen molar-refractivity contribution in [2.45, 2.75) is 13.3 Å². The topological polar surface area (TPSA) is 69.6 Å². The number of benzene rings is 1. The molecule has 0 fully saturated rings. The quantitative estimate of drug-likeness (QED) is 0.803. The van der Waals surface area contributed by atoms with Gasteiger partial charge >= 0.3 is 12.0 Å². The van der Waals surface area contributed by atoms with E-state index in [1.54, 1.807) is 11.0 Å². The standard InChI is InChI=1S/C14H16N2O3/c1-10-5-6-11(13(17)18)9-12(10)15-14(19)16-7-3-2-4-8-16/h2-3,5-6,9H,4,7-8H2,1H3,(H,15,19)(H,17,18). The molecule has 0 bridgehead atoms. The van der Waals surface area contributed by atoms with Crippen LogP contribution in [-0.2, 0) is 0 Å². The number of urea groups is 1. The molecule has 2 amide bonds. The number of carbonyl (C=O) groups is 2. The Morgan fingerprint density at radius 3 is 2.74 bits per heavy atom. The fourth-order valence-corrected chi connectivity index (χ4v) is 1.91. The summed E-state index contributed by atoms with van der Waals surface area (Å²) in [4.78, 5) is 24.6. The maximum Gasteiger partial charge on any atom is 0.335 e. The van der Waals surface area contributed by atoms with Crippen molar-refractivity contribution in [1.82, 2.24) is 4.90 Å². The number of carbonyl (C=O) groups excluding carboxylic acids is 1. The van der Waals surface area contributed by atoms with Crippen LogP contribution in [0.3, 0.4) is 0 Å². The van der Waals surface area contributed by atoms with E-state index >= 15 is 0 Å². The predicted molar refractivity (Wildman–Crippen MR) is 72.5 cm³/mol. The number of hydrogen-bond acceptors (Lipinski definition) is 2. The Labute approximate surface area is 111 Å².